The van der Waals surface area contributed by atoms with Crippen LogP contribution in [0.3, 0.4) is 0 Å². The van der Waals surface area contributed by atoms with Crippen molar-refractivity contribution >= 4 is 11.6 Å². The Morgan fingerprint density at radius 2 is 1.85 bits per heavy atom. The molecule has 3 heterocycles. The number of nitrogens with one attached hydrogen (secondary N) is 1. The number of hydrogen-bond acceptors (Lipinski definition) is 3. The zero-order valence-electron chi connectivity index (χ0n) is 14.2. The highest BCUT2D eigenvalue weighted by Gasteiger charge is 2.08. The van der Waals surface area contributed by atoms with Gasteiger partial charge in [-0.2, -0.15) is 5.10 Å². The summed E-state index contributed by atoms with van der Waals surface area (Å²) in [6.07, 6.45) is 7.81. The molecule has 0 aliphatic heterocycles. The minimum Gasteiger partial charge on any atom is -0.352 e. The lowest BCUT2D eigenvalue weighted by Crippen LogP contribution is -2.24. The van der Waals surface area contributed by atoms with E-state index in [0.717, 1.165) is 23.4 Å². The van der Waals surface area contributed by atoms with Crippen LogP contribution in [0.2, 0.25) is 0 Å². The van der Waals surface area contributed by atoms with Gasteiger partial charge in [0, 0.05) is 30.7 Å². The molecule has 0 unspecified atom stereocenters. The lowest BCUT2D eigenvalue weighted by Gasteiger charge is -2.02. The number of fused-ring (bicyclic) bond motifs is 1. The molecule has 0 atom stereocenters. The number of amides is 1. The second kappa shape index (κ2) is 7.23. The van der Waals surface area contributed by atoms with Crippen LogP contribution in [0.5, 0.6) is 0 Å². The average Bonchev–Trinajstić information content (AvgIpc) is 3.27. The summed E-state index contributed by atoms with van der Waals surface area (Å²) < 4.78 is 3.79. The fourth-order valence-corrected chi connectivity index (χ4v) is 2.85. The number of hydrogen-bond donors (Lipinski definition) is 1. The van der Waals surface area contributed by atoms with Crippen LogP contribution in [0.25, 0.3) is 5.65 Å². The molecule has 130 valence electrons. The van der Waals surface area contributed by atoms with E-state index >= 15 is 0 Å². The van der Waals surface area contributed by atoms with Gasteiger partial charge in [0.1, 0.15) is 5.65 Å². The number of pyridine rings is 1. The first-order valence-corrected chi connectivity index (χ1v) is 8.51. The van der Waals surface area contributed by atoms with Crippen molar-refractivity contribution in [1.82, 2.24) is 24.5 Å². The fourth-order valence-electron chi connectivity index (χ4n) is 2.85. The Morgan fingerprint density at radius 1 is 1.00 bits per heavy atom. The summed E-state index contributed by atoms with van der Waals surface area (Å²) in [5, 5.41) is 7.28. The van der Waals surface area contributed by atoms with Gasteiger partial charge in [0.25, 0.3) is 0 Å². The lowest BCUT2D eigenvalue weighted by atomic mass is 10.2. The maximum Gasteiger partial charge on any atom is 0.226 e. The van der Waals surface area contributed by atoms with Gasteiger partial charge >= 0.3 is 0 Å². The van der Waals surface area contributed by atoms with E-state index in [4.69, 9.17) is 0 Å². The molecule has 6 heteroatoms. The predicted octanol–water partition coefficient (Wildman–Crippen LogP) is 2.44. The Morgan fingerprint density at radius 3 is 2.69 bits per heavy atom. The zero-order chi connectivity index (χ0) is 17.8. The van der Waals surface area contributed by atoms with E-state index in [-0.39, 0.29) is 12.3 Å². The van der Waals surface area contributed by atoms with Crippen LogP contribution in [0.4, 0.5) is 0 Å². The Hall–Kier alpha value is -3.41. The van der Waals surface area contributed by atoms with Crippen LogP contribution < -0.4 is 5.32 Å². The van der Waals surface area contributed by atoms with Gasteiger partial charge in [0.05, 0.1) is 24.9 Å². The van der Waals surface area contributed by atoms with Gasteiger partial charge in [-0.1, -0.05) is 36.4 Å². The molecule has 0 saturated carbocycles. The summed E-state index contributed by atoms with van der Waals surface area (Å²) in [6, 6.07) is 15.9. The zero-order valence-corrected chi connectivity index (χ0v) is 14.2. The molecule has 4 aromatic rings. The molecule has 3 aromatic heterocycles. The van der Waals surface area contributed by atoms with Gasteiger partial charge in [-0.25, -0.2) is 4.98 Å². The van der Waals surface area contributed by atoms with Crippen molar-refractivity contribution in [2.24, 2.45) is 0 Å². The van der Waals surface area contributed by atoms with E-state index in [1.807, 2.05) is 64.1 Å². The normalized spacial score (nSPS) is 10.9. The van der Waals surface area contributed by atoms with Crippen molar-refractivity contribution in [2.75, 3.05) is 0 Å². The van der Waals surface area contributed by atoms with Crippen molar-refractivity contribution in [3.63, 3.8) is 0 Å². The molecule has 1 aromatic carbocycles. The van der Waals surface area contributed by atoms with Crippen molar-refractivity contribution in [1.29, 1.82) is 0 Å². The van der Waals surface area contributed by atoms with Crippen LogP contribution in [-0.2, 0) is 24.3 Å². The summed E-state index contributed by atoms with van der Waals surface area (Å²) >= 11 is 0. The van der Waals surface area contributed by atoms with Gasteiger partial charge in [-0.15, -0.1) is 0 Å². The fraction of sp³-hybridized carbons (Fsp3) is 0.150. The van der Waals surface area contributed by atoms with Crippen molar-refractivity contribution in [2.45, 2.75) is 19.5 Å². The van der Waals surface area contributed by atoms with Crippen LogP contribution in [0.1, 0.15) is 16.8 Å². The molecule has 6 nitrogen and oxygen atoms in total. The highest BCUT2D eigenvalue weighted by Crippen LogP contribution is 2.06. The number of carbonyl (C=O) groups excluding carboxylic acids is 1. The summed E-state index contributed by atoms with van der Waals surface area (Å²) in [5.74, 6) is -0.0517. The second-order valence-corrected chi connectivity index (χ2v) is 6.18. The van der Waals surface area contributed by atoms with E-state index in [1.54, 1.807) is 6.20 Å². The van der Waals surface area contributed by atoms with Crippen LogP contribution in [-0.4, -0.2) is 25.1 Å². The molecule has 1 N–H and O–H groups in total. The number of aromatic nitrogens is 4. The molecule has 26 heavy (non-hydrogen) atoms. The molecule has 4 rings (SSSR count). The first kappa shape index (κ1) is 16.1. The average molecular weight is 345 g/mol. The topological polar surface area (TPSA) is 64.2 Å². The quantitative estimate of drug-likeness (QED) is 0.584. The third-order valence-electron chi connectivity index (χ3n) is 4.12. The smallest absolute Gasteiger partial charge is 0.226 e. The van der Waals surface area contributed by atoms with Crippen molar-refractivity contribution in [3.05, 3.63) is 90.1 Å². The molecule has 0 fully saturated rings. The number of rotatable bonds is 6. The molecule has 1 amide bonds. The SMILES string of the molecule is O=C(Cc1cn2ccccc2n1)NCc1cnn(Cc2ccccc2)c1. The van der Waals surface area contributed by atoms with Crippen LogP contribution in [0.15, 0.2) is 73.3 Å². The van der Waals surface area contributed by atoms with E-state index < -0.39 is 0 Å². The predicted molar refractivity (Wildman–Crippen MR) is 98.5 cm³/mol. The molecule has 0 radical (unpaired) electrons. The number of imidazole rings is 1. The van der Waals surface area contributed by atoms with E-state index in [2.05, 4.69) is 27.5 Å². The largest absolute Gasteiger partial charge is 0.352 e. The molecule has 0 saturated heterocycles. The maximum absolute atomic E-state index is 12.2. The van der Waals surface area contributed by atoms with Crippen LogP contribution in [0, 0.1) is 0 Å². The first-order valence-electron chi connectivity index (χ1n) is 8.51. The first-order chi connectivity index (χ1) is 12.8. The maximum atomic E-state index is 12.2. The monoisotopic (exact) mass is 345 g/mol. The Kier molecular flexibility index (Phi) is 4.47. The second-order valence-electron chi connectivity index (χ2n) is 6.18. The Balaban J connectivity index is 1.31. The van der Waals surface area contributed by atoms with Gasteiger partial charge in [0.15, 0.2) is 0 Å². The molecular formula is C20H19N5O. The van der Waals surface area contributed by atoms with Crippen molar-refractivity contribution < 1.29 is 4.79 Å². The number of nitrogens with zero attached hydrogens (tertiary/aromatic N) is 4. The van der Waals surface area contributed by atoms with Gasteiger partial charge in [-0.3, -0.25) is 9.48 Å². The molecule has 0 aliphatic rings. The third-order valence-corrected chi connectivity index (χ3v) is 4.12. The van der Waals surface area contributed by atoms with E-state index in [9.17, 15) is 4.79 Å². The highest BCUT2D eigenvalue weighted by atomic mass is 16.1. The number of benzene rings is 1. The van der Waals surface area contributed by atoms with E-state index in [1.165, 1.54) is 5.56 Å². The Labute approximate surface area is 151 Å². The minimum atomic E-state index is -0.0517. The molecule has 0 aliphatic carbocycles. The molecule has 0 bridgehead atoms. The summed E-state index contributed by atoms with van der Waals surface area (Å²) in [4.78, 5) is 16.6. The van der Waals surface area contributed by atoms with E-state index in [0.29, 0.717) is 6.54 Å². The van der Waals surface area contributed by atoms with Crippen molar-refractivity contribution in [3.8, 4) is 0 Å². The summed E-state index contributed by atoms with van der Waals surface area (Å²) in [6.45, 7) is 1.18. The minimum absolute atomic E-state index is 0.0517. The number of carbonyl (C=O) groups is 1. The summed E-state index contributed by atoms with van der Waals surface area (Å²) in [5.41, 5.74) is 3.77. The van der Waals surface area contributed by atoms with Gasteiger partial charge < -0.3 is 9.72 Å². The molecular weight excluding hydrogens is 326 g/mol. The van der Waals surface area contributed by atoms with Crippen LogP contribution >= 0.6 is 0 Å². The van der Waals surface area contributed by atoms with Gasteiger partial charge in [-0.05, 0) is 17.7 Å². The lowest BCUT2D eigenvalue weighted by molar-refractivity contribution is -0.120. The Bertz CT molecular complexity index is 986. The standard InChI is InChI=1S/C20H19N5O/c26-20(10-18-15-24-9-5-4-8-19(24)23-18)21-11-17-12-22-25(14-17)13-16-6-2-1-3-7-16/h1-9,12,14-15H,10-11,13H2,(H,21,26). The third kappa shape index (κ3) is 3.80. The molecule has 0 spiro atoms. The highest BCUT2D eigenvalue weighted by molar-refractivity contribution is 5.78. The van der Waals surface area contributed by atoms with Gasteiger partial charge in [0.2, 0.25) is 5.91 Å². The summed E-state index contributed by atoms with van der Waals surface area (Å²) in [7, 11) is 0.